The molecule has 0 radical (unpaired) electrons. The first-order valence-electron chi connectivity index (χ1n) is 5.02. The summed E-state index contributed by atoms with van der Waals surface area (Å²) < 4.78 is 19.3. The van der Waals surface area contributed by atoms with Crippen LogP contribution in [0, 0.1) is 5.82 Å². The van der Waals surface area contributed by atoms with Gasteiger partial charge in [-0.1, -0.05) is 22.0 Å². The molecule has 2 aromatic rings. The quantitative estimate of drug-likeness (QED) is 0.929. The van der Waals surface area contributed by atoms with Crippen LogP contribution in [-0.4, -0.2) is 11.1 Å². The maximum atomic E-state index is 13.1. The maximum Gasteiger partial charge on any atom is 0.339 e. The van der Waals surface area contributed by atoms with Crippen molar-refractivity contribution in [1.82, 2.24) is 0 Å². The molecule has 0 heterocycles. The largest absolute Gasteiger partial charge is 0.478 e. The van der Waals surface area contributed by atoms with E-state index in [0.29, 0.717) is 5.75 Å². The third-order valence-electron chi connectivity index (χ3n) is 2.20. The molecule has 0 aliphatic rings. The van der Waals surface area contributed by atoms with Gasteiger partial charge in [0, 0.05) is 10.5 Å². The fourth-order valence-corrected chi connectivity index (χ4v) is 1.79. The van der Waals surface area contributed by atoms with Crippen molar-refractivity contribution in [2.75, 3.05) is 0 Å². The number of hydrogen-bond donors (Lipinski definition) is 1. The molecule has 3 nitrogen and oxygen atoms in total. The van der Waals surface area contributed by atoms with E-state index in [1.165, 1.54) is 6.07 Å². The Morgan fingerprint density at radius 1 is 1.22 bits per heavy atom. The van der Waals surface area contributed by atoms with Crippen molar-refractivity contribution in [2.45, 2.75) is 0 Å². The van der Waals surface area contributed by atoms with Crippen LogP contribution in [0.1, 0.15) is 10.4 Å². The van der Waals surface area contributed by atoms with Crippen LogP contribution >= 0.6 is 15.9 Å². The molecule has 0 aliphatic carbocycles. The van der Waals surface area contributed by atoms with Crippen LogP contribution in [-0.2, 0) is 0 Å². The minimum atomic E-state index is -1.17. The average molecular weight is 311 g/mol. The third-order valence-corrected chi connectivity index (χ3v) is 2.69. The Bertz CT molecular complexity index is 599. The minimum absolute atomic E-state index is 0.0272. The third kappa shape index (κ3) is 2.87. The van der Waals surface area contributed by atoms with Gasteiger partial charge in [0.2, 0.25) is 0 Å². The summed E-state index contributed by atoms with van der Waals surface area (Å²) in [7, 11) is 0. The van der Waals surface area contributed by atoms with Gasteiger partial charge in [0.1, 0.15) is 22.9 Å². The molecule has 0 aliphatic heterocycles. The van der Waals surface area contributed by atoms with Crippen LogP contribution in [0.3, 0.4) is 0 Å². The number of carbonyl (C=O) groups is 1. The molecule has 2 rings (SSSR count). The summed E-state index contributed by atoms with van der Waals surface area (Å²) in [6.45, 7) is 0. The second-order valence-electron chi connectivity index (χ2n) is 3.51. The highest BCUT2D eigenvalue weighted by atomic mass is 79.9. The van der Waals surface area contributed by atoms with Gasteiger partial charge in [0.15, 0.2) is 0 Å². The van der Waals surface area contributed by atoms with E-state index in [4.69, 9.17) is 9.84 Å². The Morgan fingerprint density at radius 2 is 2.00 bits per heavy atom. The fourth-order valence-electron chi connectivity index (χ4n) is 1.41. The van der Waals surface area contributed by atoms with Gasteiger partial charge in [-0.05, 0) is 30.3 Å². The van der Waals surface area contributed by atoms with Crippen LogP contribution in [0.25, 0.3) is 0 Å². The predicted octanol–water partition coefficient (Wildman–Crippen LogP) is 4.08. The zero-order chi connectivity index (χ0) is 13.1. The summed E-state index contributed by atoms with van der Waals surface area (Å²) in [6, 6.07) is 10.2. The van der Waals surface area contributed by atoms with Gasteiger partial charge in [-0.15, -0.1) is 0 Å². The average Bonchev–Trinajstić information content (AvgIpc) is 2.28. The molecule has 0 fully saturated rings. The Kier molecular flexibility index (Phi) is 3.62. The molecule has 0 spiro atoms. The monoisotopic (exact) mass is 310 g/mol. The number of carboxylic acid groups (broad SMARTS) is 1. The summed E-state index contributed by atoms with van der Waals surface area (Å²) in [5.41, 5.74) is -0.0867. The summed E-state index contributed by atoms with van der Waals surface area (Å²) in [6.07, 6.45) is 0. The second kappa shape index (κ2) is 5.18. The summed E-state index contributed by atoms with van der Waals surface area (Å²) in [5.74, 6) is -1.32. The Labute approximate surface area is 111 Å². The summed E-state index contributed by atoms with van der Waals surface area (Å²) in [5, 5.41) is 8.98. The molecule has 0 amide bonds. The van der Waals surface area contributed by atoms with E-state index in [9.17, 15) is 9.18 Å². The van der Waals surface area contributed by atoms with Crippen molar-refractivity contribution in [3.8, 4) is 11.5 Å². The Morgan fingerprint density at radius 3 is 2.67 bits per heavy atom. The number of rotatable bonds is 3. The van der Waals surface area contributed by atoms with Crippen molar-refractivity contribution in [3.05, 3.63) is 58.3 Å². The van der Waals surface area contributed by atoms with Crippen molar-refractivity contribution in [2.24, 2.45) is 0 Å². The van der Waals surface area contributed by atoms with Crippen LogP contribution in [0.4, 0.5) is 4.39 Å². The standard InChI is InChI=1S/C13H8BrFO3/c14-8-2-1-3-10(6-8)18-12-7-9(15)4-5-11(12)13(16)17/h1-7H,(H,16,17). The predicted molar refractivity (Wildman–Crippen MR) is 67.6 cm³/mol. The second-order valence-corrected chi connectivity index (χ2v) is 4.42. The van der Waals surface area contributed by atoms with E-state index in [0.717, 1.165) is 16.6 Å². The van der Waals surface area contributed by atoms with Gasteiger partial charge in [-0.25, -0.2) is 9.18 Å². The van der Waals surface area contributed by atoms with Crippen LogP contribution in [0.2, 0.25) is 0 Å². The van der Waals surface area contributed by atoms with E-state index in [1.807, 2.05) is 0 Å². The molecule has 0 atom stereocenters. The first-order valence-corrected chi connectivity index (χ1v) is 5.82. The zero-order valence-electron chi connectivity index (χ0n) is 9.06. The van der Waals surface area contributed by atoms with Gasteiger partial charge in [-0.3, -0.25) is 0 Å². The number of carboxylic acids is 1. The topological polar surface area (TPSA) is 46.5 Å². The first-order chi connectivity index (χ1) is 8.56. The molecule has 92 valence electrons. The van der Waals surface area contributed by atoms with Gasteiger partial charge < -0.3 is 9.84 Å². The summed E-state index contributed by atoms with van der Waals surface area (Å²) >= 11 is 3.27. The highest BCUT2D eigenvalue weighted by molar-refractivity contribution is 9.10. The van der Waals surface area contributed by atoms with E-state index in [-0.39, 0.29) is 11.3 Å². The van der Waals surface area contributed by atoms with Crippen molar-refractivity contribution >= 4 is 21.9 Å². The number of aromatic carboxylic acids is 1. The lowest BCUT2D eigenvalue weighted by molar-refractivity contribution is 0.0694. The molecule has 2 aromatic carbocycles. The van der Waals surface area contributed by atoms with Gasteiger partial charge in [-0.2, -0.15) is 0 Å². The van der Waals surface area contributed by atoms with Gasteiger partial charge >= 0.3 is 5.97 Å². The van der Waals surface area contributed by atoms with Crippen LogP contribution < -0.4 is 4.74 Å². The van der Waals surface area contributed by atoms with Gasteiger partial charge in [0.05, 0.1) is 0 Å². The van der Waals surface area contributed by atoms with E-state index < -0.39 is 11.8 Å². The molecule has 0 saturated heterocycles. The maximum absolute atomic E-state index is 13.1. The van der Waals surface area contributed by atoms with Crippen molar-refractivity contribution in [1.29, 1.82) is 0 Å². The lowest BCUT2D eigenvalue weighted by atomic mass is 10.2. The van der Waals surface area contributed by atoms with E-state index >= 15 is 0 Å². The normalized spacial score (nSPS) is 10.1. The highest BCUT2D eigenvalue weighted by Crippen LogP contribution is 2.28. The molecular weight excluding hydrogens is 303 g/mol. The minimum Gasteiger partial charge on any atom is -0.478 e. The van der Waals surface area contributed by atoms with Gasteiger partial charge in [0.25, 0.3) is 0 Å². The van der Waals surface area contributed by atoms with Crippen molar-refractivity contribution < 1.29 is 19.0 Å². The summed E-state index contributed by atoms with van der Waals surface area (Å²) in [4.78, 5) is 11.0. The number of ether oxygens (including phenoxy) is 1. The molecule has 0 aromatic heterocycles. The highest BCUT2D eigenvalue weighted by Gasteiger charge is 2.13. The lowest BCUT2D eigenvalue weighted by Crippen LogP contribution is -2.00. The van der Waals surface area contributed by atoms with E-state index in [2.05, 4.69) is 15.9 Å². The first kappa shape index (κ1) is 12.6. The Balaban J connectivity index is 2.39. The van der Waals surface area contributed by atoms with Crippen LogP contribution in [0.15, 0.2) is 46.9 Å². The molecule has 0 saturated carbocycles. The molecule has 1 N–H and O–H groups in total. The molecule has 5 heteroatoms. The number of hydrogen-bond acceptors (Lipinski definition) is 2. The smallest absolute Gasteiger partial charge is 0.339 e. The number of benzene rings is 2. The Hall–Kier alpha value is -1.88. The van der Waals surface area contributed by atoms with E-state index in [1.54, 1.807) is 24.3 Å². The molecule has 0 bridgehead atoms. The molecular formula is C13H8BrFO3. The van der Waals surface area contributed by atoms with Crippen molar-refractivity contribution in [3.63, 3.8) is 0 Å². The lowest BCUT2D eigenvalue weighted by Gasteiger charge is -2.09. The number of halogens is 2. The zero-order valence-corrected chi connectivity index (χ0v) is 10.6. The van der Waals surface area contributed by atoms with Crippen LogP contribution in [0.5, 0.6) is 11.5 Å². The molecule has 0 unspecified atom stereocenters. The molecule has 18 heavy (non-hydrogen) atoms. The SMILES string of the molecule is O=C(O)c1ccc(F)cc1Oc1cccc(Br)c1. The fraction of sp³-hybridized carbons (Fsp3) is 0.